The first-order chi connectivity index (χ1) is 12.4. The highest BCUT2D eigenvalue weighted by Gasteiger charge is 2.31. The number of rotatable bonds is 7. The molecule has 2 rings (SSSR count). The lowest BCUT2D eigenvalue weighted by molar-refractivity contribution is -0.140. The Morgan fingerprint density at radius 1 is 1.08 bits per heavy atom. The topological polar surface area (TPSA) is 91.3 Å². The van der Waals surface area contributed by atoms with E-state index in [-0.39, 0.29) is 34.2 Å². The summed E-state index contributed by atoms with van der Waals surface area (Å²) in [7, 11) is 2.82. The fourth-order valence-corrected chi connectivity index (χ4v) is 2.72. The minimum Gasteiger partial charge on any atom is -0.496 e. The zero-order valence-corrected chi connectivity index (χ0v) is 15.3. The Bertz CT molecular complexity index is 807. The number of benzene rings is 1. The number of allylic oxidation sites excluding steroid dienone is 2. The van der Waals surface area contributed by atoms with Gasteiger partial charge in [-0.25, -0.2) is 4.79 Å². The average Bonchev–Trinajstić information content (AvgIpc) is 2.63. The Kier molecular flexibility index (Phi) is 6.27. The molecule has 0 radical (unpaired) electrons. The van der Waals surface area contributed by atoms with Crippen molar-refractivity contribution in [3.63, 3.8) is 0 Å². The van der Waals surface area contributed by atoms with Gasteiger partial charge in [0, 0.05) is 12.5 Å². The van der Waals surface area contributed by atoms with Crippen LogP contribution in [-0.2, 0) is 9.63 Å². The van der Waals surface area contributed by atoms with E-state index in [2.05, 4.69) is 5.16 Å². The summed E-state index contributed by atoms with van der Waals surface area (Å²) in [6, 6.07) is 1.58. The van der Waals surface area contributed by atoms with Gasteiger partial charge in [-0.2, -0.15) is 0 Å². The largest absolute Gasteiger partial charge is 0.496 e. The van der Waals surface area contributed by atoms with Gasteiger partial charge in [-0.15, -0.1) is 0 Å². The van der Waals surface area contributed by atoms with Crippen LogP contribution < -0.4 is 9.47 Å². The van der Waals surface area contributed by atoms with Crippen molar-refractivity contribution in [3.8, 4) is 11.5 Å². The van der Waals surface area contributed by atoms with Crippen LogP contribution in [-0.4, -0.2) is 37.5 Å². The lowest BCUT2D eigenvalue weighted by Gasteiger charge is -2.20. The lowest BCUT2D eigenvalue weighted by atomic mass is 9.89. The molecule has 0 spiro atoms. The molecule has 0 aliphatic heterocycles. The Balaban J connectivity index is 2.73. The van der Waals surface area contributed by atoms with Gasteiger partial charge in [0.2, 0.25) is 0 Å². The zero-order valence-electron chi connectivity index (χ0n) is 15.3. The summed E-state index contributed by atoms with van der Waals surface area (Å²) in [4.78, 5) is 40.7. The number of methoxy groups -OCH3 is 2. The van der Waals surface area contributed by atoms with E-state index in [9.17, 15) is 14.4 Å². The smallest absolute Gasteiger partial charge is 0.331 e. The Morgan fingerprint density at radius 3 is 2.27 bits per heavy atom. The summed E-state index contributed by atoms with van der Waals surface area (Å²) in [6.07, 6.45) is 4.59. The molecule has 7 heteroatoms. The normalized spacial score (nSPS) is 13.5. The van der Waals surface area contributed by atoms with E-state index in [1.54, 1.807) is 6.07 Å². The number of unbranched alkanes of at least 4 members (excludes halogenated alkanes) is 1. The summed E-state index contributed by atoms with van der Waals surface area (Å²) in [5, 5.41) is 3.93. The molecule has 0 unspecified atom stereocenters. The molecule has 138 valence electrons. The summed E-state index contributed by atoms with van der Waals surface area (Å²) in [5.74, 6) is -0.805. The van der Waals surface area contributed by atoms with E-state index < -0.39 is 5.97 Å². The van der Waals surface area contributed by atoms with Crippen molar-refractivity contribution in [1.29, 1.82) is 0 Å². The van der Waals surface area contributed by atoms with E-state index in [0.717, 1.165) is 12.8 Å². The van der Waals surface area contributed by atoms with Gasteiger partial charge in [0.05, 0.1) is 31.1 Å². The molecule has 0 amide bonds. The summed E-state index contributed by atoms with van der Waals surface area (Å²) in [6.45, 7) is 3.26. The second-order valence-electron chi connectivity index (χ2n) is 5.70. The molecular formula is C19H21NO6. The summed E-state index contributed by atoms with van der Waals surface area (Å²) < 4.78 is 10.8. The van der Waals surface area contributed by atoms with Crippen molar-refractivity contribution < 1.29 is 28.7 Å². The monoisotopic (exact) mass is 359 g/mol. The van der Waals surface area contributed by atoms with E-state index in [4.69, 9.17) is 14.3 Å². The van der Waals surface area contributed by atoms with Crippen LogP contribution in [0.3, 0.4) is 0 Å². The highest BCUT2D eigenvalue weighted by atomic mass is 16.7. The second-order valence-corrected chi connectivity index (χ2v) is 5.70. The number of carbonyl (C=O) groups excluding carboxylic acids is 3. The third-order valence-corrected chi connectivity index (χ3v) is 3.91. The molecule has 26 heavy (non-hydrogen) atoms. The number of oxime groups is 1. The lowest BCUT2D eigenvalue weighted by Crippen LogP contribution is -2.18. The van der Waals surface area contributed by atoms with Crippen molar-refractivity contribution in [2.75, 3.05) is 14.2 Å². The molecule has 0 saturated carbocycles. The SMILES string of the molecule is CCCCC(=NOC(C)=O)c1cc(OC)c2c(c1OC)C(=O)C=CC2=O. The molecule has 0 aromatic heterocycles. The van der Waals surface area contributed by atoms with Crippen LogP contribution >= 0.6 is 0 Å². The molecule has 1 aromatic rings. The maximum atomic E-state index is 12.4. The fraction of sp³-hybridized carbons (Fsp3) is 0.368. The van der Waals surface area contributed by atoms with Gasteiger partial charge in [0.15, 0.2) is 11.6 Å². The molecule has 0 heterocycles. The van der Waals surface area contributed by atoms with Crippen LogP contribution in [0.15, 0.2) is 23.4 Å². The number of ketones is 2. The second kappa shape index (κ2) is 8.42. The molecule has 1 aromatic carbocycles. The number of ether oxygens (including phenoxy) is 2. The van der Waals surface area contributed by atoms with Gasteiger partial charge in [-0.1, -0.05) is 18.5 Å². The maximum absolute atomic E-state index is 12.4. The van der Waals surface area contributed by atoms with E-state index >= 15 is 0 Å². The minimum absolute atomic E-state index is 0.126. The summed E-state index contributed by atoms with van der Waals surface area (Å²) in [5.41, 5.74) is 1.17. The molecule has 0 bridgehead atoms. The van der Waals surface area contributed by atoms with Crippen molar-refractivity contribution in [1.82, 2.24) is 0 Å². The molecule has 0 saturated heterocycles. The standard InChI is InChI=1S/C19H21NO6/c1-5-6-7-13(20-26-11(2)21)12-10-16(24-3)17-14(22)8-9-15(23)18(17)19(12)25-4/h8-10H,5-7H2,1-4H3. The van der Waals surface area contributed by atoms with Gasteiger partial charge in [-0.05, 0) is 31.1 Å². The van der Waals surface area contributed by atoms with Crippen molar-refractivity contribution >= 4 is 23.2 Å². The molecule has 0 atom stereocenters. The first-order valence-corrected chi connectivity index (χ1v) is 8.25. The van der Waals surface area contributed by atoms with Crippen LogP contribution in [0.1, 0.15) is 59.4 Å². The van der Waals surface area contributed by atoms with Crippen LogP contribution in [0.2, 0.25) is 0 Å². The van der Waals surface area contributed by atoms with Crippen LogP contribution in [0.25, 0.3) is 0 Å². The number of fused-ring (bicyclic) bond motifs is 1. The summed E-state index contributed by atoms with van der Waals surface area (Å²) >= 11 is 0. The molecular weight excluding hydrogens is 338 g/mol. The number of nitrogens with zero attached hydrogens (tertiary/aromatic N) is 1. The predicted octanol–water partition coefficient (Wildman–Crippen LogP) is 3.10. The highest BCUT2D eigenvalue weighted by Crippen LogP contribution is 2.38. The van der Waals surface area contributed by atoms with Crippen molar-refractivity contribution in [2.45, 2.75) is 33.1 Å². The van der Waals surface area contributed by atoms with Crippen LogP contribution in [0.4, 0.5) is 0 Å². The van der Waals surface area contributed by atoms with E-state index in [0.29, 0.717) is 17.7 Å². The van der Waals surface area contributed by atoms with Gasteiger partial charge in [0.1, 0.15) is 11.5 Å². The predicted molar refractivity (Wildman–Crippen MR) is 95.2 cm³/mol. The van der Waals surface area contributed by atoms with Gasteiger partial charge < -0.3 is 14.3 Å². The van der Waals surface area contributed by atoms with Crippen LogP contribution in [0, 0.1) is 0 Å². The van der Waals surface area contributed by atoms with Gasteiger partial charge >= 0.3 is 5.97 Å². The molecule has 7 nitrogen and oxygen atoms in total. The molecule has 0 N–H and O–H groups in total. The van der Waals surface area contributed by atoms with Crippen LogP contribution in [0.5, 0.6) is 11.5 Å². The number of hydrogen-bond donors (Lipinski definition) is 0. The average molecular weight is 359 g/mol. The maximum Gasteiger partial charge on any atom is 0.331 e. The van der Waals surface area contributed by atoms with Crippen molar-refractivity contribution in [2.24, 2.45) is 5.16 Å². The molecule has 0 fully saturated rings. The fourth-order valence-electron chi connectivity index (χ4n) is 2.72. The minimum atomic E-state index is -0.558. The third kappa shape index (κ3) is 3.82. The molecule has 1 aliphatic rings. The quantitative estimate of drug-likeness (QED) is 0.422. The van der Waals surface area contributed by atoms with E-state index in [1.165, 1.54) is 33.3 Å². The Labute approximate surface area is 151 Å². The first-order valence-electron chi connectivity index (χ1n) is 8.25. The number of hydrogen-bond acceptors (Lipinski definition) is 7. The van der Waals surface area contributed by atoms with E-state index in [1.807, 2.05) is 6.92 Å². The number of carbonyl (C=O) groups is 3. The van der Waals surface area contributed by atoms with Crippen molar-refractivity contribution in [3.05, 3.63) is 34.9 Å². The first kappa shape index (κ1) is 19.4. The zero-order chi connectivity index (χ0) is 19.3. The molecule has 1 aliphatic carbocycles. The van der Waals surface area contributed by atoms with Gasteiger partial charge in [0.25, 0.3) is 0 Å². The van der Waals surface area contributed by atoms with Gasteiger partial charge in [-0.3, -0.25) is 9.59 Å². The Morgan fingerprint density at radius 2 is 1.73 bits per heavy atom. The third-order valence-electron chi connectivity index (χ3n) is 3.91. The Hall–Kier alpha value is -2.96. The highest BCUT2D eigenvalue weighted by molar-refractivity contribution is 6.25.